The fraction of sp³-hybridized carbons (Fsp3) is 0.724. The molecule has 0 amide bonds. The molecule has 0 spiro atoms. The van der Waals surface area contributed by atoms with Crippen molar-refractivity contribution in [1.82, 2.24) is 4.90 Å². The van der Waals surface area contributed by atoms with Gasteiger partial charge in [-0.2, -0.15) is 40.5 Å². The summed E-state index contributed by atoms with van der Waals surface area (Å²) >= 11 is 0. The summed E-state index contributed by atoms with van der Waals surface area (Å²) in [5.41, 5.74) is 2.76. The van der Waals surface area contributed by atoms with Crippen molar-refractivity contribution in [3.63, 3.8) is 0 Å². The Balaban J connectivity index is 0.00000456. The number of fused-ring (bicyclic) bond motifs is 3. The maximum atomic E-state index is 13.5. The molecule has 1 fully saturated rings. The lowest BCUT2D eigenvalue weighted by Crippen LogP contribution is -2.55. The second kappa shape index (κ2) is 14.6. The molecule has 4 atom stereocenters. The van der Waals surface area contributed by atoms with Gasteiger partial charge in [0.15, 0.2) is 0 Å². The number of nitrogens with zero attached hydrogens (tertiary/aromatic N) is 1. The molecule has 3 rings (SSSR count). The third kappa shape index (κ3) is 8.20. The minimum absolute atomic E-state index is 0. The lowest BCUT2D eigenvalue weighted by atomic mass is 9.68. The van der Waals surface area contributed by atoms with Gasteiger partial charge in [-0.25, -0.2) is 4.39 Å². The first-order valence-corrected chi connectivity index (χ1v) is 16.3. The molecule has 1 saturated heterocycles. The van der Waals surface area contributed by atoms with Crippen LogP contribution in [0.25, 0.3) is 0 Å². The van der Waals surface area contributed by atoms with Gasteiger partial charge >= 0.3 is 0 Å². The van der Waals surface area contributed by atoms with Crippen LogP contribution in [0, 0.1) is 11.8 Å². The van der Waals surface area contributed by atoms with Gasteiger partial charge in [0.25, 0.3) is 0 Å². The fourth-order valence-electron chi connectivity index (χ4n) is 5.54. The molecule has 2 aliphatic rings. The number of hydrogen-bond acceptors (Lipinski definition) is 4. The first-order valence-electron chi connectivity index (χ1n) is 13.4. The largest absolute Gasteiger partial charge is 0.543 e. The van der Waals surface area contributed by atoms with Crippen LogP contribution in [0.5, 0.6) is 5.75 Å². The molecule has 0 radical (unpaired) electrons. The molecule has 2 aliphatic heterocycles. The van der Waals surface area contributed by atoms with Gasteiger partial charge in [0.1, 0.15) is 12.4 Å². The van der Waals surface area contributed by atoms with E-state index in [1.807, 2.05) is 0 Å². The second-order valence-electron chi connectivity index (χ2n) is 12.8. The SMILES string of the molecule is C=C(C[18F])C[C@]1(O)C[C@H]2c3cc(O[Si](C)(C)C(C)(C)C)c(CO)cc3CCN2C[C@@H]1CC(C)CC.S.S.S. The van der Waals surface area contributed by atoms with Crippen LogP contribution in [-0.4, -0.2) is 48.8 Å². The first kappa shape index (κ1) is 37.8. The molecule has 2 heterocycles. The van der Waals surface area contributed by atoms with Crippen LogP contribution in [0.1, 0.15) is 83.0 Å². The molecular weight excluding hydrogens is 553 g/mol. The average molecular weight is 607 g/mol. The van der Waals surface area contributed by atoms with Crippen LogP contribution < -0.4 is 4.43 Å². The van der Waals surface area contributed by atoms with Gasteiger partial charge in [-0.05, 0) is 78.6 Å². The highest BCUT2D eigenvalue weighted by Crippen LogP contribution is 2.49. The molecule has 0 aromatic heterocycles. The molecule has 9 heteroatoms. The summed E-state index contributed by atoms with van der Waals surface area (Å²) in [6, 6.07) is 4.30. The highest BCUT2D eigenvalue weighted by Gasteiger charge is 2.48. The van der Waals surface area contributed by atoms with Crippen LogP contribution >= 0.6 is 40.5 Å². The van der Waals surface area contributed by atoms with E-state index in [2.05, 4.69) is 71.3 Å². The summed E-state index contributed by atoms with van der Waals surface area (Å²) in [6.07, 6.45) is 3.81. The fourth-order valence-corrected chi connectivity index (χ4v) is 6.58. The maximum absolute atomic E-state index is 13.5. The number of benzene rings is 1. The molecule has 38 heavy (non-hydrogen) atoms. The van der Waals surface area contributed by atoms with Crippen LogP contribution in [0.4, 0.5) is 4.39 Å². The standard InChI is InChI=1S/C29H48FNO3Si.3H2S/c1-9-20(2)12-24-18-31-11-10-22-13-23(19-32)27(34-35(7,8)28(4,5)6)14-25(22)26(31)16-29(24,33)15-21(3)17-30;;;/h13-14,20,24,26,32-33H,3,9-12,15-19H2,1-2,4-8H3;3*1H2/t20?,24-,26-,29-;;;/m0.../s1/i30-1;;;. The Morgan fingerprint density at radius 1 is 1.26 bits per heavy atom. The summed E-state index contributed by atoms with van der Waals surface area (Å²) < 4.78 is 20.2. The zero-order chi connectivity index (χ0) is 26.2. The van der Waals surface area contributed by atoms with Crippen molar-refractivity contribution >= 4 is 48.8 Å². The van der Waals surface area contributed by atoms with Crippen molar-refractivity contribution in [1.29, 1.82) is 0 Å². The predicted molar refractivity (Wildman–Crippen MR) is 176 cm³/mol. The Kier molecular flexibility index (Phi) is 14.6. The van der Waals surface area contributed by atoms with Crippen molar-refractivity contribution in [2.75, 3.05) is 19.8 Å². The molecule has 1 unspecified atom stereocenters. The van der Waals surface area contributed by atoms with E-state index in [-0.39, 0.29) is 64.1 Å². The third-order valence-corrected chi connectivity index (χ3v) is 13.4. The van der Waals surface area contributed by atoms with Crippen LogP contribution in [0.2, 0.25) is 18.1 Å². The second-order valence-corrected chi connectivity index (χ2v) is 17.5. The molecule has 1 aromatic carbocycles. The number of aliphatic hydroxyl groups excluding tert-OH is 1. The van der Waals surface area contributed by atoms with Gasteiger partial charge in [-0.3, -0.25) is 4.90 Å². The van der Waals surface area contributed by atoms with E-state index in [0.717, 1.165) is 43.7 Å². The lowest BCUT2D eigenvalue weighted by Gasteiger charge is -2.52. The molecule has 4 nitrogen and oxygen atoms in total. The Labute approximate surface area is 253 Å². The number of piperidine rings is 1. The molecule has 1 aromatic rings. The van der Waals surface area contributed by atoms with Crippen molar-refractivity contribution in [2.24, 2.45) is 11.8 Å². The van der Waals surface area contributed by atoms with Gasteiger partial charge in [0.2, 0.25) is 8.32 Å². The van der Waals surface area contributed by atoms with Gasteiger partial charge < -0.3 is 14.6 Å². The maximum Gasteiger partial charge on any atom is 0.250 e. The van der Waals surface area contributed by atoms with Crippen LogP contribution in [0.15, 0.2) is 24.3 Å². The van der Waals surface area contributed by atoms with Crippen molar-refractivity contribution in [2.45, 2.75) is 103 Å². The molecule has 0 aliphatic carbocycles. The van der Waals surface area contributed by atoms with Gasteiger partial charge in [-0.1, -0.05) is 47.6 Å². The minimum atomic E-state index is -2.10. The van der Waals surface area contributed by atoms with Gasteiger partial charge in [-0.15, -0.1) is 0 Å². The number of alkyl halides is 1. The average Bonchev–Trinajstić information content (AvgIpc) is 2.78. The van der Waals surface area contributed by atoms with E-state index in [9.17, 15) is 14.6 Å². The first-order chi connectivity index (χ1) is 16.2. The highest BCUT2D eigenvalue weighted by molar-refractivity contribution is 7.59. The zero-order valence-corrected chi connectivity index (χ0v) is 28.6. The van der Waals surface area contributed by atoms with Gasteiger partial charge in [0.05, 0.1) is 12.2 Å². The lowest BCUT2D eigenvalue weighted by molar-refractivity contribution is -0.104. The smallest absolute Gasteiger partial charge is 0.250 e. The molecular formula is C29H54FNO3S3Si. The Hall–Kier alpha value is -0.163. The number of hydrogen-bond donors (Lipinski definition) is 2. The summed E-state index contributed by atoms with van der Waals surface area (Å²) in [6.45, 7) is 20.5. The van der Waals surface area contributed by atoms with E-state index in [0.29, 0.717) is 24.3 Å². The van der Waals surface area contributed by atoms with Crippen LogP contribution in [-0.2, 0) is 13.0 Å². The number of rotatable bonds is 9. The van der Waals surface area contributed by atoms with E-state index >= 15 is 0 Å². The van der Waals surface area contributed by atoms with Gasteiger partial charge in [0, 0.05) is 30.6 Å². The minimum Gasteiger partial charge on any atom is -0.543 e. The Bertz CT molecular complexity index is 927. The van der Waals surface area contributed by atoms with Crippen molar-refractivity contribution < 1.29 is 19.0 Å². The summed E-state index contributed by atoms with van der Waals surface area (Å²) in [4.78, 5) is 2.51. The zero-order valence-electron chi connectivity index (χ0n) is 24.6. The molecule has 222 valence electrons. The number of aliphatic hydroxyl groups is 2. The Morgan fingerprint density at radius 3 is 2.42 bits per heavy atom. The van der Waals surface area contributed by atoms with Crippen LogP contribution in [0.3, 0.4) is 0 Å². The van der Waals surface area contributed by atoms with E-state index < -0.39 is 20.6 Å². The van der Waals surface area contributed by atoms with Crippen molar-refractivity contribution in [3.8, 4) is 5.75 Å². The topological polar surface area (TPSA) is 52.9 Å². The van der Waals surface area contributed by atoms with E-state index in [4.69, 9.17) is 4.43 Å². The predicted octanol–water partition coefficient (Wildman–Crippen LogP) is 6.90. The highest BCUT2D eigenvalue weighted by atomic mass is 32.1. The van der Waals surface area contributed by atoms with E-state index in [1.54, 1.807) is 0 Å². The van der Waals surface area contributed by atoms with E-state index in [1.165, 1.54) is 11.1 Å². The normalized spacial score (nSPS) is 24.1. The van der Waals surface area contributed by atoms with Crippen molar-refractivity contribution in [3.05, 3.63) is 41.0 Å². The quantitative estimate of drug-likeness (QED) is 0.237. The summed E-state index contributed by atoms with van der Waals surface area (Å²) in [7, 11) is -2.10. The molecule has 0 bridgehead atoms. The monoisotopic (exact) mass is 606 g/mol. The summed E-state index contributed by atoms with van der Waals surface area (Å²) in [5, 5.41) is 22.2. The third-order valence-electron chi connectivity index (χ3n) is 9.02. The number of halogens is 1. The molecule has 2 N–H and O–H groups in total. The Morgan fingerprint density at radius 2 is 1.89 bits per heavy atom. The summed E-state index contributed by atoms with van der Waals surface area (Å²) in [5.74, 6) is 1.38. The molecule has 0 saturated carbocycles.